The molecule has 0 radical (unpaired) electrons. The molecule has 0 saturated heterocycles. The molecule has 0 aromatic heterocycles. The molecule has 0 aliphatic rings. The molecule has 0 amide bonds. The minimum absolute atomic E-state index is 0.125. The first kappa shape index (κ1) is 16.9. The van der Waals surface area contributed by atoms with Crippen LogP contribution in [0.5, 0.6) is 0 Å². The van der Waals surface area contributed by atoms with Gasteiger partial charge in [-0.3, -0.25) is 0 Å². The lowest BCUT2D eigenvalue weighted by atomic mass is 10.3. The highest BCUT2D eigenvalue weighted by Crippen LogP contribution is 1.99. The standard InChI is InChI=1S/C6H10O6.C2H6O2/c1-2-4(12-6(9)10)3-11-5(7)8;3-1-2-4/h4H,2-3H2,1H3,(H,7,8)(H,9,10);3-4H,1-2H2. The Labute approximate surface area is 92.0 Å². The zero-order valence-corrected chi connectivity index (χ0v) is 8.83. The Hall–Kier alpha value is -1.54. The van der Waals surface area contributed by atoms with E-state index >= 15 is 0 Å². The van der Waals surface area contributed by atoms with Crippen LogP contribution >= 0.6 is 0 Å². The van der Waals surface area contributed by atoms with Crippen molar-refractivity contribution in [3.63, 3.8) is 0 Å². The molecule has 0 fully saturated rings. The van der Waals surface area contributed by atoms with Crippen LogP contribution in [0.15, 0.2) is 0 Å². The third kappa shape index (κ3) is 15.0. The van der Waals surface area contributed by atoms with Crippen molar-refractivity contribution in [1.29, 1.82) is 0 Å². The normalized spacial score (nSPS) is 10.7. The van der Waals surface area contributed by atoms with E-state index in [1.54, 1.807) is 6.92 Å². The van der Waals surface area contributed by atoms with Crippen LogP contribution in [0.4, 0.5) is 9.59 Å². The van der Waals surface area contributed by atoms with Gasteiger partial charge in [-0.15, -0.1) is 0 Å². The Bertz CT molecular complexity index is 190. The monoisotopic (exact) mass is 240 g/mol. The molecule has 96 valence electrons. The zero-order valence-electron chi connectivity index (χ0n) is 8.83. The van der Waals surface area contributed by atoms with Crippen LogP contribution in [-0.4, -0.2) is 58.7 Å². The minimum Gasteiger partial charge on any atom is -0.450 e. The molecule has 0 aliphatic heterocycles. The number of carboxylic acid groups (broad SMARTS) is 2. The summed E-state index contributed by atoms with van der Waals surface area (Å²) in [5.41, 5.74) is 0. The number of ether oxygens (including phenoxy) is 2. The Kier molecular flexibility index (Phi) is 12.2. The van der Waals surface area contributed by atoms with Crippen LogP contribution < -0.4 is 0 Å². The van der Waals surface area contributed by atoms with Gasteiger partial charge in [0.1, 0.15) is 12.7 Å². The fourth-order valence-corrected chi connectivity index (χ4v) is 0.542. The van der Waals surface area contributed by atoms with E-state index in [0.717, 1.165) is 0 Å². The predicted octanol–water partition coefficient (Wildman–Crippen LogP) is 0.125. The van der Waals surface area contributed by atoms with E-state index < -0.39 is 18.4 Å². The van der Waals surface area contributed by atoms with Gasteiger partial charge in [-0.05, 0) is 6.42 Å². The van der Waals surface area contributed by atoms with Crippen molar-refractivity contribution >= 4 is 12.3 Å². The van der Waals surface area contributed by atoms with Gasteiger partial charge in [-0.1, -0.05) is 6.92 Å². The highest BCUT2D eigenvalue weighted by atomic mass is 16.7. The second kappa shape index (κ2) is 11.5. The number of hydrogen-bond donors (Lipinski definition) is 4. The zero-order chi connectivity index (χ0) is 13.0. The van der Waals surface area contributed by atoms with Crippen LogP contribution in [0.25, 0.3) is 0 Å². The summed E-state index contributed by atoms with van der Waals surface area (Å²) in [6.07, 6.45) is -3.23. The molecular weight excluding hydrogens is 224 g/mol. The lowest BCUT2D eigenvalue weighted by molar-refractivity contribution is 0.00376. The topological polar surface area (TPSA) is 134 Å². The first-order valence-electron chi connectivity index (χ1n) is 4.44. The van der Waals surface area contributed by atoms with Gasteiger partial charge in [0.2, 0.25) is 0 Å². The predicted molar refractivity (Wildman–Crippen MR) is 51.3 cm³/mol. The summed E-state index contributed by atoms with van der Waals surface area (Å²) in [7, 11) is 0. The second-order valence-corrected chi connectivity index (χ2v) is 2.44. The first-order chi connectivity index (χ1) is 7.47. The molecule has 0 aliphatic carbocycles. The largest absolute Gasteiger partial charge is 0.506 e. The van der Waals surface area contributed by atoms with Gasteiger partial charge < -0.3 is 29.9 Å². The van der Waals surface area contributed by atoms with E-state index in [9.17, 15) is 9.59 Å². The van der Waals surface area contributed by atoms with Crippen LogP contribution in [0.2, 0.25) is 0 Å². The van der Waals surface area contributed by atoms with Crippen LogP contribution in [0.1, 0.15) is 13.3 Å². The number of aliphatic hydroxyl groups is 2. The van der Waals surface area contributed by atoms with Gasteiger partial charge in [-0.25, -0.2) is 9.59 Å². The third-order valence-electron chi connectivity index (χ3n) is 1.22. The molecule has 0 spiro atoms. The Morgan fingerprint density at radius 1 is 1.12 bits per heavy atom. The third-order valence-corrected chi connectivity index (χ3v) is 1.22. The van der Waals surface area contributed by atoms with Crippen molar-refractivity contribution in [1.82, 2.24) is 0 Å². The average molecular weight is 240 g/mol. The van der Waals surface area contributed by atoms with Crippen molar-refractivity contribution in [3.8, 4) is 0 Å². The summed E-state index contributed by atoms with van der Waals surface area (Å²) in [5, 5.41) is 31.5. The molecule has 16 heavy (non-hydrogen) atoms. The lowest BCUT2D eigenvalue weighted by Gasteiger charge is -2.11. The highest BCUT2D eigenvalue weighted by molar-refractivity contribution is 5.58. The number of hydrogen-bond acceptors (Lipinski definition) is 6. The molecule has 0 aromatic carbocycles. The van der Waals surface area contributed by atoms with Crippen molar-refractivity contribution in [2.75, 3.05) is 19.8 Å². The van der Waals surface area contributed by atoms with E-state index in [-0.39, 0.29) is 19.8 Å². The van der Waals surface area contributed by atoms with E-state index in [1.165, 1.54) is 0 Å². The summed E-state index contributed by atoms with van der Waals surface area (Å²) in [5.74, 6) is 0. The van der Waals surface area contributed by atoms with E-state index in [4.69, 9.17) is 20.4 Å². The van der Waals surface area contributed by atoms with Crippen molar-refractivity contribution in [3.05, 3.63) is 0 Å². The van der Waals surface area contributed by atoms with E-state index in [2.05, 4.69) is 9.47 Å². The van der Waals surface area contributed by atoms with Crippen molar-refractivity contribution in [2.24, 2.45) is 0 Å². The van der Waals surface area contributed by atoms with Gasteiger partial charge >= 0.3 is 12.3 Å². The first-order valence-corrected chi connectivity index (χ1v) is 4.44. The smallest absolute Gasteiger partial charge is 0.450 e. The van der Waals surface area contributed by atoms with Crippen molar-refractivity contribution in [2.45, 2.75) is 19.4 Å². The van der Waals surface area contributed by atoms with Gasteiger partial charge in [0.25, 0.3) is 0 Å². The molecule has 0 bridgehead atoms. The SMILES string of the molecule is CCC(COC(=O)O)OC(=O)O.OCCO. The van der Waals surface area contributed by atoms with Crippen molar-refractivity contribution < 1.29 is 39.5 Å². The van der Waals surface area contributed by atoms with Crippen LogP contribution in [0.3, 0.4) is 0 Å². The van der Waals surface area contributed by atoms with Gasteiger partial charge in [0, 0.05) is 0 Å². The molecule has 4 N–H and O–H groups in total. The number of rotatable bonds is 5. The summed E-state index contributed by atoms with van der Waals surface area (Å²) in [6, 6.07) is 0. The summed E-state index contributed by atoms with van der Waals surface area (Å²) >= 11 is 0. The maximum atomic E-state index is 9.99. The summed E-state index contributed by atoms with van der Waals surface area (Å²) in [4.78, 5) is 19.9. The molecule has 0 rings (SSSR count). The Balaban J connectivity index is 0. The van der Waals surface area contributed by atoms with E-state index in [1.807, 2.05) is 0 Å². The number of carbonyl (C=O) groups is 2. The summed E-state index contributed by atoms with van der Waals surface area (Å²) < 4.78 is 8.40. The molecular formula is C8H16O8. The molecule has 1 unspecified atom stereocenters. The van der Waals surface area contributed by atoms with Gasteiger partial charge in [0.15, 0.2) is 0 Å². The van der Waals surface area contributed by atoms with Gasteiger partial charge in [-0.2, -0.15) is 0 Å². The lowest BCUT2D eigenvalue weighted by Crippen LogP contribution is -2.23. The maximum Gasteiger partial charge on any atom is 0.506 e. The quantitative estimate of drug-likeness (QED) is 0.498. The average Bonchev–Trinajstić information content (AvgIpc) is 2.23. The van der Waals surface area contributed by atoms with E-state index in [0.29, 0.717) is 6.42 Å². The van der Waals surface area contributed by atoms with Crippen LogP contribution in [0, 0.1) is 0 Å². The maximum absolute atomic E-state index is 9.99. The molecule has 0 saturated carbocycles. The fraction of sp³-hybridized carbons (Fsp3) is 0.750. The fourth-order valence-electron chi connectivity index (χ4n) is 0.542. The number of aliphatic hydroxyl groups excluding tert-OH is 2. The molecule has 1 atom stereocenters. The highest BCUT2D eigenvalue weighted by Gasteiger charge is 2.13. The Morgan fingerprint density at radius 3 is 1.88 bits per heavy atom. The Morgan fingerprint density at radius 2 is 1.62 bits per heavy atom. The molecule has 8 nitrogen and oxygen atoms in total. The summed E-state index contributed by atoms with van der Waals surface area (Å²) in [6.45, 7) is 1.15. The molecule has 0 heterocycles. The molecule has 0 aromatic rings. The molecule has 8 heteroatoms. The van der Waals surface area contributed by atoms with Crippen LogP contribution in [-0.2, 0) is 9.47 Å². The van der Waals surface area contributed by atoms with Gasteiger partial charge in [0.05, 0.1) is 13.2 Å². The second-order valence-electron chi connectivity index (χ2n) is 2.44. The minimum atomic E-state index is -1.44.